The second kappa shape index (κ2) is 6.84. The molecule has 0 aromatic carbocycles. The Morgan fingerprint density at radius 2 is 1.24 bits per heavy atom. The van der Waals surface area contributed by atoms with Gasteiger partial charge in [0.2, 0.25) is 0 Å². The van der Waals surface area contributed by atoms with Crippen LogP contribution in [-0.4, -0.2) is 10.3 Å². The van der Waals surface area contributed by atoms with Crippen molar-refractivity contribution in [3.63, 3.8) is 0 Å². The molecule has 122 valence electrons. The lowest BCUT2D eigenvalue weighted by Crippen LogP contribution is -2.47. The fraction of sp³-hybridized carbons (Fsp3) is 0.789. The lowest BCUT2D eigenvalue weighted by Gasteiger charge is -2.50. The summed E-state index contributed by atoms with van der Waals surface area (Å²) in [7, 11) is 6.46. The zero-order chi connectivity index (χ0) is 16.6. The van der Waals surface area contributed by atoms with Crippen LogP contribution in [0.4, 0.5) is 0 Å². The van der Waals surface area contributed by atoms with Crippen molar-refractivity contribution < 1.29 is 0 Å². The highest BCUT2D eigenvalue weighted by Crippen LogP contribution is 2.55. The van der Waals surface area contributed by atoms with Crippen LogP contribution in [0.15, 0.2) is 23.8 Å². The monoisotopic (exact) mass is 326 g/mol. The van der Waals surface area contributed by atoms with Gasteiger partial charge in [-0.2, -0.15) is 0 Å². The summed E-state index contributed by atoms with van der Waals surface area (Å²) in [6.07, 6.45) is 7.11. The highest BCUT2D eigenvalue weighted by Gasteiger charge is 2.48. The van der Waals surface area contributed by atoms with Gasteiger partial charge in [0.05, 0.1) is 0 Å². The van der Waals surface area contributed by atoms with E-state index >= 15 is 0 Å². The summed E-state index contributed by atoms with van der Waals surface area (Å²) >= 11 is 0. The molecule has 0 saturated heterocycles. The van der Waals surface area contributed by atoms with Crippen molar-refractivity contribution in [3.8, 4) is 0 Å². The zero-order valence-electron chi connectivity index (χ0n) is 15.3. The largest absolute Gasteiger partial charge is 0.130 e. The van der Waals surface area contributed by atoms with Gasteiger partial charge in [0.15, 0.2) is 0 Å². The summed E-state index contributed by atoms with van der Waals surface area (Å²) in [5.41, 5.74) is 1.61. The summed E-state index contributed by atoms with van der Waals surface area (Å²) in [4.78, 5) is 0. The summed E-state index contributed by atoms with van der Waals surface area (Å²) in [5.74, 6) is 3.01. The van der Waals surface area contributed by atoms with Gasteiger partial charge in [-0.1, -0.05) is 79.2 Å². The van der Waals surface area contributed by atoms with Crippen molar-refractivity contribution in [1.82, 2.24) is 0 Å². The van der Waals surface area contributed by atoms with Crippen molar-refractivity contribution in [2.75, 3.05) is 0 Å². The van der Waals surface area contributed by atoms with Gasteiger partial charge in [0, 0.05) is 11.1 Å². The molecule has 1 aliphatic rings. The molecule has 0 aromatic rings. The van der Waals surface area contributed by atoms with E-state index in [0.717, 1.165) is 0 Å². The van der Waals surface area contributed by atoms with Crippen LogP contribution >= 0.6 is 18.5 Å². The topological polar surface area (TPSA) is 0 Å². The standard InChI is InChI=1S/C19H36P2/c1-12(2)18(20,13(3)4)16-10-9-11-17(16)19(21,14(5)6)15(7)8/h9-16H,20-21H2,1-8H3. The van der Waals surface area contributed by atoms with Gasteiger partial charge in [-0.3, -0.25) is 0 Å². The summed E-state index contributed by atoms with van der Waals surface area (Å²) in [6.45, 7) is 18.9. The van der Waals surface area contributed by atoms with E-state index in [-0.39, 0.29) is 10.3 Å². The third-order valence-electron chi connectivity index (χ3n) is 5.86. The second-order valence-corrected chi connectivity index (χ2v) is 9.99. The third kappa shape index (κ3) is 3.19. The molecule has 21 heavy (non-hydrogen) atoms. The molecule has 3 atom stereocenters. The molecule has 0 amide bonds. The van der Waals surface area contributed by atoms with Crippen molar-refractivity contribution in [2.24, 2.45) is 29.6 Å². The number of allylic oxidation sites excluding steroid dienone is 4. The number of rotatable bonds is 6. The molecule has 0 aromatic heterocycles. The van der Waals surface area contributed by atoms with E-state index in [1.807, 2.05) is 0 Å². The molecule has 0 spiro atoms. The van der Waals surface area contributed by atoms with Gasteiger partial charge in [0.25, 0.3) is 0 Å². The van der Waals surface area contributed by atoms with Crippen LogP contribution in [-0.2, 0) is 0 Å². The van der Waals surface area contributed by atoms with Crippen LogP contribution in [0.3, 0.4) is 0 Å². The minimum absolute atomic E-state index is 0.180. The van der Waals surface area contributed by atoms with Gasteiger partial charge in [-0.15, -0.1) is 18.5 Å². The van der Waals surface area contributed by atoms with Crippen LogP contribution in [0.1, 0.15) is 55.4 Å². The molecular formula is C19H36P2. The SMILES string of the molecule is CC(C)C(P)(C1=CC=CC1C(P)(C(C)C)C(C)C)C(C)C. The van der Waals surface area contributed by atoms with Gasteiger partial charge < -0.3 is 0 Å². The van der Waals surface area contributed by atoms with E-state index in [2.05, 4.69) is 92.1 Å². The first-order valence-corrected chi connectivity index (χ1v) is 9.62. The van der Waals surface area contributed by atoms with E-state index in [9.17, 15) is 0 Å². The van der Waals surface area contributed by atoms with E-state index in [1.165, 1.54) is 0 Å². The van der Waals surface area contributed by atoms with Crippen molar-refractivity contribution in [1.29, 1.82) is 0 Å². The molecule has 0 saturated carbocycles. The van der Waals surface area contributed by atoms with Gasteiger partial charge >= 0.3 is 0 Å². The Labute approximate surface area is 138 Å². The number of hydrogen-bond acceptors (Lipinski definition) is 0. The zero-order valence-corrected chi connectivity index (χ0v) is 17.6. The fourth-order valence-corrected chi connectivity index (χ4v) is 4.61. The molecular weight excluding hydrogens is 290 g/mol. The highest BCUT2D eigenvalue weighted by molar-refractivity contribution is 7.20. The minimum Gasteiger partial charge on any atom is -0.130 e. The minimum atomic E-state index is 0.180. The summed E-state index contributed by atoms with van der Waals surface area (Å²) < 4.78 is 0. The van der Waals surface area contributed by atoms with E-state index in [4.69, 9.17) is 0 Å². The van der Waals surface area contributed by atoms with Crippen LogP contribution in [0.25, 0.3) is 0 Å². The Hall–Kier alpha value is 0.340. The first-order chi connectivity index (χ1) is 9.50. The predicted molar refractivity (Wildman–Crippen MR) is 105 cm³/mol. The molecule has 2 heteroatoms. The maximum Gasteiger partial charge on any atom is 0.0111 e. The Kier molecular flexibility index (Phi) is 6.32. The predicted octanol–water partition coefficient (Wildman–Crippen LogP) is 5.95. The van der Waals surface area contributed by atoms with Crippen LogP contribution in [0.5, 0.6) is 0 Å². The van der Waals surface area contributed by atoms with Crippen LogP contribution in [0, 0.1) is 29.6 Å². The van der Waals surface area contributed by atoms with Gasteiger partial charge in [-0.05, 0) is 28.8 Å². The first kappa shape index (κ1) is 19.4. The fourth-order valence-electron chi connectivity index (χ4n) is 4.05. The quantitative estimate of drug-likeness (QED) is 0.529. The molecule has 0 N–H and O–H groups in total. The third-order valence-corrected chi connectivity index (χ3v) is 9.22. The van der Waals surface area contributed by atoms with Crippen LogP contribution < -0.4 is 0 Å². The van der Waals surface area contributed by atoms with Gasteiger partial charge in [-0.25, -0.2) is 0 Å². The van der Waals surface area contributed by atoms with E-state index in [1.54, 1.807) is 5.57 Å². The lowest BCUT2D eigenvalue weighted by molar-refractivity contribution is 0.259. The molecule has 0 radical (unpaired) electrons. The Morgan fingerprint density at radius 1 is 0.810 bits per heavy atom. The Bertz CT molecular complexity index is 397. The molecule has 0 fully saturated rings. The van der Waals surface area contributed by atoms with E-state index < -0.39 is 0 Å². The average molecular weight is 326 g/mol. The molecule has 3 unspecified atom stereocenters. The molecule has 0 nitrogen and oxygen atoms in total. The highest BCUT2D eigenvalue weighted by atomic mass is 31.0. The lowest BCUT2D eigenvalue weighted by atomic mass is 9.66. The molecule has 1 aliphatic carbocycles. The average Bonchev–Trinajstić information content (AvgIpc) is 2.85. The normalized spacial score (nSPS) is 20.3. The molecule has 1 rings (SSSR count). The maximum atomic E-state index is 3.24. The smallest absolute Gasteiger partial charge is 0.0111 e. The van der Waals surface area contributed by atoms with Gasteiger partial charge in [0.1, 0.15) is 0 Å². The maximum absolute atomic E-state index is 3.24. The summed E-state index contributed by atoms with van der Waals surface area (Å²) in [5, 5.41) is 0.407. The molecule has 0 heterocycles. The molecule has 0 bridgehead atoms. The second-order valence-electron chi connectivity index (χ2n) is 8.04. The van der Waals surface area contributed by atoms with E-state index in [0.29, 0.717) is 29.6 Å². The Morgan fingerprint density at radius 3 is 1.57 bits per heavy atom. The van der Waals surface area contributed by atoms with Crippen LogP contribution in [0.2, 0.25) is 0 Å². The molecule has 0 aliphatic heterocycles. The first-order valence-electron chi connectivity index (χ1n) is 8.47. The summed E-state index contributed by atoms with van der Waals surface area (Å²) in [6, 6.07) is 0. The van der Waals surface area contributed by atoms with Crippen molar-refractivity contribution in [3.05, 3.63) is 23.8 Å². The number of hydrogen-bond donors (Lipinski definition) is 0. The van der Waals surface area contributed by atoms with Crippen molar-refractivity contribution in [2.45, 2.75) is 65.7 Å². The Balaban J connectivity index is 3.34. The van der Waals surface area contributed by atoms with Crippen molar-refractivity contribution >= 4 is 18.5 Å².